The number of rotatable bonds is 1. The maximum atomic E-state index is 11.5. The second-order valence-corrected chi connectivity index (χ2v) is 9.25. The van der Waals surface area contributed by atoms with Crippen molar-refractivity contribution in [2.75, 3.05) is 0 Å². The minimum Gasteiger partial charge on any atom is -0.487 e. The van der Waals surface area contributed by atoms with Crippen LogP contribution in [0.4, 0.5) is 0 Å². The summed E-state index contributed by atoms with van der Waals surface area (Å²) in [6.45, 7) is 4.27. The van der Waals surface area contributed by atoms with E-state index in [1.165, 1.54) is 17.5 Å². The summed E-state index contributed by atoms with van der Waals surface area (Å²) in [5.41, 5.74) is 3.69. The van der Waals surface area contributed by atoms with E-state index in [9.17, 15) is 9.90 Å². The van der Waals surface area contributed by atoms with Gasteiger partial charge in [-0.15, -0.1) is 0 Å². The van der Waals surface area contributed by atoms with Gasteiger partial charge in [-0.3, -0.25) is 0 Å². The van der Waals surface area contributed by atoms with E-state index in [1.807, 2.05) is 0 Å². The van der Waals surface area contributed by atoms with Gasteiger partial charge in [0.15, 0.2) is 0 Å². The Morgan fingerprint density at radius 3 is 2.76 bits per heavy atom. The number of benzene rings is 2. The lowest BCUT2D eigenvalue weighted by atomic mass is 9.68. The van der Waals surface area contributed by atoms with Gasteiger partial charge in [0.25, 0.3) is 0 Å². The highest BCUT2D eigenvalue weighted by Crippen LogP contribution is 2.55. The minimum atomic E-state index is -0.914. The van der Waals surface area contributed by atoms with Crippen LogP contribution >= 0.6 is 0 Å². The summed E-state index contributed by atoms with van der Waals surface area (Å²) >= 11 is 0. The quantitative estimate of drug-likeness (QED) is 0.695. The van der Waals surface area contributed by atoms with Gasteiger partial charge in [0.2, 0.25) is 0 Å². The molecule has 5 rings (SSSR count). The monoisotopic (exact) mass is 392 g/mol. The molecule has 0 unspecified atom stereocenters. The van der Waals surface area contributed by atoms with Gasteiger partial charge < -0.3 is 14.6 Å². The van der Waals surface area contributed by atoms with Gasteiger partial charge in [-0.05, 0) is 68.9 Å². The molecule has 29 heavy (non-hydrogen) atoms. The second kappa shape index (κ2) is 6.88. The van der Waals surface area contributed by atoms with Gasteiger partial charge in [0.1, 0.15) is 11.4 Å². The first-order valence-electron chi connectivity index (χ1n) is 10.7. The van der Waals surface area contributed by atoms with Crippen molar-refractivity contribution >= 4 is 5.97 Å². The molecule has 152 valence electrons. The first-order chi connectivity index (χ1) is 13.9. The molecule has 3 aliphatic rings. The van der Waals surface area contributed by atoms with Crippen molar-refractivity contribution in [2.45, 2.75) is 69.7 Å². The first-order valence-corrected chi connectivity index (χ1v) is 10.7. The van der Waals surface area contributed by atoms with Crippen LogP contribution in [-0.2, 0) is 11.2 Å². The van der Waals surface area contributed by atoms with Crippen LogP contribution in [0.5, 0.6) is 5.75 Å². The highest BCUT2D eigenvalue weighted by Gasteiger charge is 2.51. The van der Waals surface area contributed by atoms with Gasteiger partial charge in [-0.1, -0.05) is 30.7 Å². The molecule has 1 saturated heterocycles. The molecule has 0 saturated carbocycles. The van der Waals surface area contributed by atoms with Gasteiger partial charge >= 0.3 is 5.97 Å². The molecule has 1 fully saturated rings. The molecule has 0 spiro atoms. The second-order valence-electron chi connectivity index (χ2n) is 9.25. The molecule has 4 heteroatoms. The smallest absolute Gasteiger partial charge is 0.335 e. The zero-order chi connectivity index (χ0) is 20.2. The SMILES string of the molecule is CC1(C)Oc2ccc(C(=O)O)cc2[C@H]2O[C@H]3CCCCc4ccccc4[C@H]3C[C@@H]21. The van der Waals surface area contributed by atoms with Crippen LogP contribution in [0.1, 0.15) is 78.6 Å². The molecule has 2 aliphatic heterocycles. The molecule has 2 heterocycles. The van der Waals surface area contributed by atoms with E-state index >= 15 is 0 Å². The van der Waals surface area contributed by atoms with Crippen molar-refractivity contribution < 1.29 is 19.4 Å². The van der Waals surface area contributed by atoms with Gasteiger partial charge in [-0.25, -0.2) is 4.79 Å². The Kier molecular flexibility index (Phi) is 4.43. The summed E-state index contributed by atoms with van der Waals surface area (Å²) in [7, 11) is 0. The molecule has 0 amide bonds. The number of carboxylic acid groups (broad SMARTS) is 1. The summed E-state index contributed by atoms with van der Waals surface area (Å²) in [6, 6.07) is 14.0. The summed E-state index contributed by atoms with van der Waals surface area (Å²) < 4.78 is 13.2. The normalized spacial score (nSPS) is 29.7. The number of aryl methyl sites for hydroxylation is 1. The number of hydrogen-bond acceptors (Lipinski definition) is 3. The van der Waals surface area contributed by atoms with E-state index < -0.39 is 5.97 Å². The van der Waals surface area contributed by atoms with Crippen LogP contribution in [0.2, 0.25) is 0 Å². The Morgan fingerprint density at radius 2 is 1.93 bits per heavy atom. The predicted octanol–water partition coefficient (Wildman–Crippen LogP) is 5.51. The fourth-order valence-electron chi connectivity index (χ4n) is 5.60. The Hall–Kier alpha value is -2.33. The number of ether oxygens (including phenoxy) is 2. The fraction of sp³-hybridized carbons (Fsp3) is 0.480. The summed E-state index contributed by atoms with van der Waals surface area (Å²) in [4.78, 5) is 11.5. The van der Waals surface area contributed by atoms with Gasteiger partial charge in [0.05, 0.1) is 17.8 Å². The summed E-state index contributed by atoms with van der Waals surface area (Å²) in [6.07, 6.45) is 5.57. The van der Waals surface area contributed by atoms with Crippen LogP contribution < -0.4 is 4.74 Å². The third-order valence-corrected chi connectivity index (χ3v) is 7.11. The number of carbonyl (C=O) groups is 1. The largest absolute Gasteiger partial charge is 0.487 e. The lowest BCUT2D eigenvalue weighted by Crippen LogP contribution is -2.50. The molecule has 0 aromatic heterocycles. The van der Waals surface area contributed by atoms with Crippen LogP contribution in [0, 0.1) is 5.92 Å². The van der Waals surface area contributed by atoms with Gasteiger partial charge in [0, 0.05) is 17.4 Å². The molecule has 1 N–H and O–H groups in total. The zero-order valence-electron chi connectivity index (χ0n) is 17.1. The molecule has 4 nitrogen and oxygen atoms in total. The Morgan fingerprint density at radius 1 is 1.10 bits per heavy atom. The Balaban J connectivity index is 1.58. The van der Waals surface area contributed by atoms with Crippen molar-refractivity contribution in [3.05, 3.63) is 64.7 Å². The van der Waals surface area contributed by atoms with E-state index in [0.29, 0.717) is 11.5 Å². The minimum absolute atomic E-state index is 0.124. The van der Waals surface area contributed by atoms with Crippen LogP contribution in [0.3, 0.4) is 0 Å². The van der Waals surface area contributed by atoms with Gasteiger partial charge in [-0.2, -0.15) is 0 Å². The molecule has 2 aromatic rings. The van der Waals surface area contributed by atoms with E-state index in [-0.39, 0.29) is 23.7 Å². The molecule has 4 atom stereocenters. The third-order valence-electron chi connectivity index (χ3n) is 7.11. The van der Waals surface area contributed by atoms with Crippen molar-refractivity contribution in [1.82, 2.24) is 0 Å². The maximum absolute atomic E-state index is 11.5. The number of carboxylic acids is 1. The van der Waals surface area contributed by atoms with Crippen LogP contribution in [0.15, 0.2) is 42.5 Å². The van der Waals surface area contributed by atoms with Crippen LogP contribution in [-0.4, -0.2) is 22.8 Å². The molecule has 1 aliphatic carbocycles. The maximum Gasteiger partial charge on any atom is 0.335 e. The highest BCUT2D eigenvalue weighted by molar-refractivity contribution is 5.88. The number of fused-ring (bicyclic) bond motifs is 6. The standard InChI is InChI=1S/C25H28O4/c1-25(2)20-14-18-17-9-5-3-7-15(17)8-4-6-10-21(18)28-23(20)19-13-16(24(26)27)11-12-22(19)29-25/h3,5,7,9,11-13,18,20-21,23H,4,6,8,10,14H2,1-2H3,(H,26,27)/t18-,20+,21+,23-/m1/s1. The predicted molar refractivity (Wildman–Crippen MR) is 111 cm³/mol. The van der Waals surface area contributed by atoms with E-state index in [2.05, 4.69) is 38.1 Å². The van der Waals surface area contributed by atoms with E-state index in [1.54, 1.807) is 18.2 Å². The summed E-state index contributed by atoms with van der Waals surface area (Å²) in [5, 5.41) is 9.47. The zero-order valence-corrected chi connectivity index (χ0v) is 17.1. The van der Waals surface area contributed by atoms with Crippen molar-refractivity contribution in [3.8, 4) is 5.75 Å². The van der Waals surface area contributed by atoms with Crippen LogP contribution in [0.25, 0.3) is 0 Å². The Bertz CT molecular complexity index is 948. The van der Waals surface area contributed by atoms with Crippen molar-refractivity contribution in [3.63, 3.8) is 0 Å². The average molecular weight is 392 g/mol. The van der Waals surface area contributed by atoms with E-state index in [0.717, 1.165) is 37.0 Å². The lowest BCUT2D eigenvalue weighted by molar-refractivity contribution is -0.161. The molecule has 0 bridgehead atoms. The molecular weight excluding hydrogens is 364 g/mol. The van der Waals surface area contributed by atoms with Crippen molar-refractivity contribution in [2.24, 2.45) is 5.92 Å². The topological polar surface area (TPSA) is 55.8 Å². The number of hydrogen-bond donors (Lipinski definition) is 1. The lowest BCUT2D eigenvalue weighted by Gasteiger charge is -2.52. The fourth-order valence-corrected chi connectivity index (χ4v) is 5.60. The first kappa shape index (κ1) is 18.7. The molecule has 2 aromatic carbocycles. The number of aromatic carboxylic acids is 1. The van der Waals surface area contributed by atoms with E-state index in [4.69, 9.17) is 9.47 Å². The average Bonchev–Trinajstić information content (AvgIpc) is 2.68. The molecule has 0 radical (unpaired) electrons. The van der Waals surface area contributed by atoms with Crippen molar-refractivity contribution in [1.29, 1.82) is 0 Å². The molecular formula is C25H28O4. The Labute approximate surface area is 171 Å². The highest BCUT2D eigenvalue weighted by atomic mass is 16.5. The third kappa shape index (κ3) is 3.14. The summed E-state index contributed by atoms with van der Waals surface area (Å²) in [5.74, 6) is 0.376.